The number of aliphatic hydroxyl groups excluding tert-OH is 1. The number of likely N-dealkylation sites (tertiary alicyclic amines) is 1. The molecule has 5 nitrogen and oxygen atoms in total. The molecule has 6 heteroatoms. The summed E-state index contributed by atoms with van der Waals surface area (Å²) in [4.78, 5) is 32.7. The van der Waals surface area contributed by atoms with Crippen molar-refractivity contribution < 1.29 is 35.8 Å². The quantitative estimate of drug-likeness (QED) is 0.0429. The Hall–Kier alpha value is -0.252. The summed E-state index contributed by atoms with van der Waals surface area (Å²) in [6.45, 7) is 15.1. The number of aldehydes is 1. The van der Waals surface area contributed by atoms with Gasteiger partial charge in [0, 0.05) is 34.0 Å². The van der Waals surface area contributed by atoms with Gasteiger partial charge in [0.15, 0.2) is 0 Å². The van der Waals surface area contributed by atoms with Crippen molar-refractivity contribution in [3.63, 3.8) is 0 Å². The van der Waals surface area contributed by atoms with E-state index in [2.05, 4.69) is 57.9 Å². The Morgan fingerprint density at radius 1 is 0.797 bits per heavy atom. The van der Waals surface area contributed by atoms with E-state index in [4.69, 9.17) is 0 Å². The smallest absolute Gasteiger partial charge is 0.223 e. The molecule has 59 heavy (non-hydrogen) atoms. The fraction of sp³-hybridized carbons (Fsp3) is 0.943. The second-order valence-corrected chi connectivity index (χ2v) is 22.0. The summed E-state index contributed by atoms with van der Waals surface area (Å²) in [5, 5.41) is 11.5. The first-order chi connectivity index (χ1) is 28.1. The van der Waals surface area contributed by atoms with E-state index in [9.17, 15) is 14.7 Å². The molecule has 12 unspecified atom stereocenters. The van der Waals surface area contributed by atoms with Crippen LogP contribution in [0.25, 0.3) is 0 Å². The predicted molar refractivity (Wildman–Crippen MR) is 244 cm³/mol. The topological polar surface area (TPSA) is 60.9 Å². The van der Waals surface area contributed by atoms with Gasteiger partial charge in [0.05, 0.1) is 12.1 Å². The molecular weight excluding hydrogens is 809 g/mol. The number of amides is 1. The average Bonchev–Trinajstić information content (AvgIpc) is 3.43. The summed E-state index contributed by atoms with van der Waals surface area (Å²) in [6, 6.07) is -0.288. The van der Waals surface area contributed by atoms with E-state index in [0.717, 1.165) is 64.1 Å². The van der Waals surface area contributed by atoms with E-state index in [1.165, 1.54) is 148 Å². The molecular formula is C53H95MoN2O3-. The standard InChI is InChI=1S/C53H95N2O3.Mo/c1-7-9-11-13-15-16-18-20-25-42(24-19-17-14-12-10-8-2)39-55(49(40-56)43-26-23-36-54(6)37-33-43)51(58)31-28-41(3)45-29-30-46-44-38-50(57)48-27-21-22-34-52(48,4)47(44)32-35-53(45,46)5;/h21,40-50,57H,7-20,22-39H2,1-6H3;/q-1;. The average molecular weight is 904 g/mol. The first kappa shape index (κ1) is 51.4. The molecule has 0 aromatic rings. The molecule has 5 fully saturated rings. The van der Waals surface area contributed by atoms with Crippen molar-refractivity contribution in [3.05, 3.63) is 6.42 Å². The molecule has 12 atom stereocenters. The fourth-order valence-electron chi connectivity index (χ4n) is 14.6. The summed E-state index contributed by atoms with van der Waals surface area (Å²) in [6.07, 6.45) is 38.9. The van der Waals surface area contributed by atoms with Crippen molar-refractivity contribution in [1.82, 2.24) is 9.80 Å². The Bertz CT molecular complexity index is 1200. The van der Waals surface area contributed by atoms with Crippen LogP contribution in [-0.2, 0) is 30.7 Å². The van der Waals surface area contributed by atoms with Crippen LogP contribution in [0.4, 0.5) is 0 Å². The monoisotopic (exact) mass is 906 g/mol. The number of hydrogen-bond donors (Lipinski definition) is 1. The van der Waals surface area contributed by atoms with Crippen LogP contribution < -0.4 is 0 Å². The Kier molecular flexibility index (Phi) is 22.6. The zero-order valence-electron chi connectivity index (χ0n) is 39.6. The van der Waals surface area contributed by atoms with Gasteiger partial charge in [0.1, 0.15) is 6.29 Å². The van der Waals surface area contributed by atoms with Gasteiger partial charge in [0.25, 0.3) is 0 Å². The van der Waals surface area contributed by atoms with Gasteiger partial charge in [0.2, 0.25) is 5.91 Å². The normalized spacial score (nSPS) is 33.7. The molecule has 5 aliphatic rings. The van der Waals surface area contributed by atoms with Crippen LogP contribution in [0.5, 0.6) is 0 Å². The SMILES string of the molecule is CCCCCCCCCCC(CCCCCCCC)CN(C(=O)CCC(C)C1CCC2C3CC(O)C4C[CH-]CCC4(C)C3CCC12C)C(C=O)C1CCCN(C)CC1.[Mo]. The maximum atomic E-state index is 14.8. The first-order valence-corrected chi connectivity index (χ1v) is 26.0. The number of fused-ring (bicyclic) bond motifs is 5. The Labute approximate surface area is 380 Å². The fourth-order valence-corrected chi connectivity index (χ4v) is 14.6. The molecule has 4 saturated carbocycles. The molecule has 1 amide bonds. The van der Waals surface area contributed by atoms with Crippen molar-refractivity contribution in [1.29, 1.82) is 0 Å². The summed E-state index contributed by atoms with van der Waals surface area (Å²) in [5.74, 6) is 4.73. The van der Waals surface area contributed by atoms with Gasteiger partial charge in [-0.15, -0.1) is 0 Å². The van der Waals surface area contributed by atoms with Gasteiger partial charge in [-0.25, -0.2) is 0 Å². The van der Waals surface area contributed by atoms with E-state index in [1.54, 1.807) is 0 Å². The van der Waals surface area contributed by atoms with Crippen LogP contribution in [0.15, 0.2) is 0 Å². The first-order valence-electron chi connectivity index (χ1n) is 26.0. The predicted octanol–water partition coefficient (Wildman–Crippen LogP) is 13.3. The maximum Gasteiger partial charge on any atom is 0.223 e. The third kappa shape index (κ3) is 13.6. The minimum absolute atomic E-state index is 0. The molecule has 1 saturated heterocycles. The van der Waals surface area contributed by atoms with Gasteiger partial charge < -0.3 is 26.1 Å². The van der Waals surface area contributed by atoms with Gasteiger partial charge in [-0.05, 0) is 149 Å². The van der Waals surface area contributed by atoms with Crippen LogP contribution in [0.1, 0.15) is 221 Å². The second kappa shape index (κ2) is 25.9. The van der Waals surface area contributed by atoms with Crippen LogP contribution >= 0.6 is 0 Å². The zero-order valence-corrected chi connectivity index (χ0v) is 41.6. The molecule has 0 aromatic carbocycles. The van der Waals surface area contributed by atoms with Crippen LogP contribution in [0.2, 0.25) is 0 Å². The number of aliphatic hydroxyl groups is 1. The number of unbranched alkanes of at least 4 members (excludes halogenated alkanes) is 12. The molecule has 1 heterocycles. The molecule has 5 rings (SSSR count). The summed E-state index contributed by atoms with van der Waals surface area (Å²) < 4.78 is 0. The molecule has 4 aliphatic carbocycles. The van der Waals surface area contributed by atoms with Crippen molar-refractivity contribution in [2.24, 2.45) is 58.2 Å². The molecule has 1 aliphatic heterocycles. The third-order valence-corrected chi connectivity index (χ3v) is 18.2. The molecule has 0 aromatic heterocycles. The maximum absolute atomic E-state index is 14.8. The van der Waals surface area contributed by atoms with E-state index < -0.39 is 0 Å². The number of carbonyl (C=O) groups is 2. The Morgan fingerprint density at radius 3 is 2.07 bits per heavy atom. The number of carbonyl (C=O) groups excluding carboxylic acids is 2. The Balaban J connectivity index is 0.00000769. The second-order valence-electron chi connectivity index (χ2n) is 22.0. The summed E-state index contributed by atoms with van der Waals surface area (Å²) >= 11 is 0. The molecule has 0 bridgehead atoms. The van der Waals surface area contributed by atoms with Crippen molar-refractivity contribution in [3.8, 4) is 0 Å². The molecule has 0 radical (unpaired) electrons. The van der Waals surface area contributed by atoms with E-state index in [0.29, 0.717) is 52.8 Å². The van der Waals surface area contributed by atoms with Crippen LogP contribution in [0.3, 0.4) is 0 Å². The number of nitrogens with zero attached hydrogens (tertiary/aromatic N) is 2. The summed E-state index contributed by atoms with van der Waals surface area (Å²) in [7, 11) is 2.21. The van der Waals surface area contributed by atoms with Gasteiger partial charge >= 0.3 is 0 Å². The van der Waals surface area contributed by atoms with Crippen molar-refractivity contribution in [2.75, 3.05) is 26.7 Å². The molecule has 1 N–H and O–H groups in total. The summed E-state index contributed by atoms with van der Waals surface area (Å²) in [5.41, 5.74) is 0.601. The van der Waals surface area contributed by atoms with Gasteiger partial charge in [-0.1, -0.05) is 131 Å². The van der Waals surface area contributed by atoms with Crippen LogP contribution in [-0.4, -0.2) is 65.9 Å². The van der Waals surface area contributed by atoms with Gasteiger partial charge in [-0.3, -0.25) is 4.79 Å². The number of rotatable bonds is 25. The molecule has 0 spiro atoms. The minimum atomic E-state index is -0.288. The van der Waals surface area contributed by atoms with E-state index in [1.807, 2.05) is 0 Å². The van der Waals surface area contributed by atoms with E-state index >= 15 is 0 Å². The van der Waals surface area contributed by atoms with Gasteiger partial charge in [-0.2, -0.15) is 12.8 Å². The largest absolute Gasteiger partial charge is 0.393 e. The third-order valence-electron chi connectivity index (χ3n) is 18.2. The van der Waals surface area contributed by atoms with Crippen LogP contribution in [0, 0.1) is 64.6 Å². The van der Waals surface area contributed by atoms with E-state index in [-0.39, 0.29) is 45.0 Å². The van der Waals surface area contributed by atoms with Crippen molar-refractivity contribution in [2.45, 2.75) is 233 Å². The minimum Gasteiger partial charge on any atom is -0.393 e. The zero-order chi connectivity index (χ0) is 41.5. The number of hydrogen-bond acceptors (Lipinski definition) is 4. The van der Waals surface area contributed by atoms with Crippen molar-refractivity contribution >= 4 is 12.2 Å². The Morgan fingerprint density at radius 2 is 1.42 bits per heavy atom. The molecule has 342 valence electrons.